The van der Waals surface area contributed by atoms with E-state index in [2.05, 4.69) is 0 Å². The molecule has 1 saturated heterocycles. The topological polar surface area (TPSA) is 106 Å². The summed E-state index contributed by atoms with van der Waals surface area (Å²) in [6, 6.07) is 4.90. The highest BCUT2D eigenvalue weighted by Crippen LogP contribution is 2.25. The predicted octanol–water partition coefficient (Wildman–Crippen LogP) is -0.0504. The smallest absolute Gasteiger partial charge is 0.243 e. The first-order valence-electron chi connectivity index (χ1n) is 6.45. The van der Waals surface area contributed by atoms with Crippen molar-refractivity contribution in [3.05, 3.63) is 29.3 Å². The van der Waals surface area contributed by atoms with E-state index in [0.29, 0.717) is 19.5 Å². The Hall–Kier alpha value is -1.44. The van der Waals surface area contributed by atoms with Gasteiger partial charge in [0.1, 0.15) is 0 Å². The summed E-state index contributed by atoms with van der Waals surface area (Å²) in [7, 11) is -3.57. The molecule has 4 N–H and O–H groups in total. The van der Waals surface area contributed by atoms with Crippen molar-refractivity contribution in [2.75, 3.05) is 13.1 Å². The summed E-state index contributed by atoms with van der Waals surface area (Å²) in [6.45, 7) is 2.69. The van der Waals surface area contributed by atoms with Gasteiger partial charge in [-0.05, 0) is 36.6 Å². The molecule has 0 spiro atoms. The van der Waals surface area contributed by atoms with Crippen LogP contribution < -0.4 is 11.5 Å². The van der Waals surface area contributed by atoms with Gasteiger partial charge >= 0.3 is 0 Å². The van der Waals surface area contributed by atoms with E-state index in [0.717, 1.165) is 11.1 Å². The molecule has 1 heterocycles. The summed E-state index contributed by atoms with van der Waals surface area (Å²) in [5.74, 6) is -0.841. The normalized spacial score (nSPS) is 20.2. The van der Waals surface area contributed by atoms with Crippen LogP contribution in [0.4, 0.5) is 0 Å². The van der Waals surface area contributed by atoms with Crippen molar-refractivity contribution >= 4 is 15.9 Å². The molecular formula is C13H19N3O3S. The average molecular weight is 297 g/mol. The van der Waals surface area contributed by atoms with Gasteiger partial charge in [-0.25, -0.2) is 8.42 Å². The van der Waals surface area contributed by atoms with Crippen molar-refractivity contribution in [1.29, 1.82) is 0 Å². The lowest BCUT2D eigenvalue weighted by Gasteiger charge is -2.17. The highest BCUT2D eigenvalue weighted by atomic mass is 32.2. The third-order valence-corrected chi connectivity index (χ3v) is 5.59. The number of sulfonamides is 1. The maximum Gasteiger partial charge on any atom is 0.243 e. The highest BCUT2D eigenvalue weighted by Gasteiger charge is 2.34. The van der Waals surface area contributed by atoms with Gasteiger partial charge in [0.05, 0.1) is 10.8 Å². The van der Waals surface area contributed by atoms with Crippen LogP contribution in [0.3, 0.4) is 0 Å². The number of carbonyl (C=O) groups excluding carboxylic acids is 1. The minimum atomic E-state index is -3.57. The molecule has 20 heavy (non-hydrogen) atoms. The van der Waals surface area contributed by atoms with Crippen molar-refractivity contribution in [2.45, 2.75) is 24.8 Å². The standard InChI is InChI=1S/C13H19N3O3S/c1-9-6-12(3-2-10(9)7-14)20(18,19)16-5-4-11(8-16)13(15)17/h2-3,6,11H,4-5,7-8,14H2,1H3,(H2,15,17). The number of benzene rings is 1. The Kier molecular flexibility index (Phi) is 4.12. The first-order valence-corrected chi connectivity index (χ1v) is 7.89. The fraction of sp³-hybridized carbons (Fsp3) is 0.462. The highest BCUT2D eigenvalue weighted by molar-refractivity contribution is 7.89. The Morgan fingerprint density at radius 1 is 1.45 bits per heavy atom. The fourth-order valence-electron chi connectivity index (χ4n) is 2.39. The maximum atomic E-state index is 12.5. The van der Waals surface area contributed by atoms with Crippen LogP contribution in [0.25, 0.3) is 0 Å². The lowest BCUT2D eigenvalue weighted by atomic mass is 10.1. The van der Waals surface area contributed by atoms with Crippen molar-refractivity contribution < 1.29 is 13.2 Å². The molecule has 7 heteroatoms. The van der Waals surface area contributed by atoms with Crippen LogP contribution in [-0.2, 0) is 21.4 Å². The van der Waals surface area contributed by atoms with Crippen LogP contribution in [0.2, 0.25) is 0 Å². The van der Waals surface area contributed by atoms with Crippen molar-refractivity contribution in [3.8, 4) is 0 Å². The Labute approximate surface area is 118 Å². The fourth-order valence-corrected chi connectivity index (χ4v) is 3.97. The number of aryl methyl sites for hydroxylation is 1. The SMILES string of the molecule is Cc1cc(S(=O)(=O)N2CCC(C(N)=O)C2)ccc1CN. The van der Waals surface area contributed by atoms with E-state index in [4.69, 9.17) is 11.5 Å². The lowest BCUT2D eigenvalue weighted by molar-refractivity contribution is -0.121. The third-order valence-electron chi connectivity index (χ3n) is 3.73. The van der Waals surface area contributed by atoms with Gasteiger partial charge < -0.3 is 11.5 Å². The number of nitrogens with zero attached hydrogens (tertiary/aromatic N) is 1. The summed E-state index contributed by atoms with van der Waals surface area (Å²) < 4.78 is 26.3. The molecule has 0 bridgehead atoms. The van der Waals surface area contributed by atoms with E-state index in [9.17, 15) is 13.2 Å². The average Bonchev–Trinajstić information content (AvgIpc) is 2.89. The molecule has 1 amide bonds. The molecule has 1 aliphatic heterocycles. The second kappa shape index (κ2) is 5.51. The quantitative estimate of drug-likeness (QED) is 0.812. The summed E-state index contributed by atoms with van der Waals surface area (Å²) in [4.78, 5) is 11.4. The van der Waals surface area contributed by atoms with Crippen LogP contribution in [0.5, 0.6) is 0 Å². The zero-order valence-electron chi connectivity index (χ0n) is 11.4. The van der Waals surface area contributed by atoms with Gasteiger partial charge in [-0.3, -0.25) is 4.79 Å². The first kappa shape index (κ1) is 15.0. The third kappa shape index (κ3) is 2.70. The van der Waals surface area contributed by atoms with Gasteiger partial charge in [0.15, 0.2) is 0 Å². The minimum Gasteiger partial charge on any atom is -0.369 e. The van der Waals surface area contributed by atoms with Crippen LogP contribution in [-0.4, -0.2) is 31.7 Å². The number of amides is 1. The second-order valence-electron chi connectivity index (χ2n) is 5.04. The van der Waals surface area contributed by atoms with Gasteiger partial charge in [-0.15, -0.1) is 0 Å². The summed E-state index contributed by atoms with van der Waals surface area (Å²) in [5.41, 5.74) is 12.6. The number of hydrogen-bond donors (Lipinski definition) is 2. The molecule has 0 saturated carbocycles. The number of nitrogens with two attached hydrogens (primary N) is 2. The Morgan fingerprint density at radius 2 is 2.15 bits per heavy atom. The molecule has 0 aliphatic carbocycles. The zero-order valence-corrected chi connectivity index (χ0v) is 12.2. The van der Waals surface area contributed by atoms with Crippen LogP contribution >= 0.6 is 0 Å². The molecule has 1 fully saturated rings. The molecular weight excluding hydrogens is 278 g/mol. The molecule has 110 valence electrons. The zero-order chi connectivity index (χ0) is 14.9. The maximum absolute atomic E-state index is 12.5. The van der Waals surface area contributed by atoms with Crippen LogP contribution in [0.1, 0.15) is 17.5 Å². The van der Waals surface area contributed by atoms with Gasteiger partial charge in [0.2, 0.25) is 15.9 Å². The summed E-state index contributed by atoms with van der Waals surface area (Å²) >= 11 is 0. The van der Waals surface area contributed by atoms with E-state index in [-0.39, 0.29) is 11.4 Å². The number of hydrogen-bond acceptors (Lipinski definition) is 4. The molecule has 0 aromatic heterocycles. The molecule has 1 aliphatic rings. The molecule has 0 radical (unpaired) electrons. The summed E-state index contributed by atoms with van der Waals surface area (Å²) in [5, 5.41) is 0. The van der Waals surface area contributed by atoms with Gasteiger partial charge in [-0.2, -0.15) is 4.31 Å². The van der Waals surface area contributed by atoms with E-state index >= 15 is 0 Å². The van der Waals surface area contributed by atoms with E-state index in [1.807, 2.05) is 6.92 Å². The second-order valence-corrected chi connectivity index (χ2v) is 6.98. The lowest BCUT2D eigenvalue weighted by Crippen LogP contribution is -2.31. The van der Waals surface area contributed by atoms with Gasteiger partial charge in [0, 0.05) is 19.6 Å². The number of primary amides is 1. The molecule has 2 rings (SSSR count). The van der Waals surface area contributed by atoms with Crippen LogP contribution in [0.15, 0.2) is 23.1 Å². The van der Waals surface area contributed by atoms with E-state index in [1.165, 1.54) is 4.31 Å². The molecule has 1 aromatic rings. The van der Waals surface area contributed by atoms with Crippen LogP contribution in [0, 0.1) is 12.8 Å². The van der Waals surface area contributed by atoms with Gasteiger partial charge in [-0.1, -0.05) is 6.07 Å². The molecule has 1 aromatic carbocycles. The monoisotopic (exact) mass is 297 g/mol. The largest absolute Gasteiger partial charge is 0.369 e. The first-order chi connectivity index (χ1) is 9.36. The Balaban J connectivity index is 2.27. The summed E-state index contributed by atoms with van der Waals surface area (Å²) in [6.07, 6.45) is 0.481. The number of carbonyl (C=O) groups is 1. The van der Waals surface area contributed by atoms with Crippen molar-refractivity contribution in [2.24, 2.45) is 17.4 Å². The Bertz CT molecular complexity index is 628. The van der Waals surface area contributed by atoms with Gasteiger partial charge in [0.25, 0.3) is 0 Å². The van der Waals surface area contributed by atoms with E-state index < -0.39 is 21.8 Å². The molecule has 1 atom stereocenters. The van der Waals surface area contributed by atoms with Crippen molar-refractivity contribution in [3.63, 3.8) is 0 Å². The number of rotatable bonds is 4. The molecule has 6 nitrogen and oxygen atoms in total. The van der Waals surface area contributed by atoms with E-state index in [1.54, 1.807) is 18.2 Å². The minimum absolute atomic E-state index is 0.162. The Morgan fingerprint density at radius 3 is 2.65 bits per heavy atom. The van der Waals surface area contributed by atoms with Crippen molar-refractivity contribution in [1.82, 2.24) is 4.31 Å². The molecule has 1 unspecified atom stereocenters. The predicted molar refractivity (Wildman–Crippen MR) is 75.1 cm³/mol.